The maximum absolute atomic E-state index is 14.3. The van der Waals surface area contributed by atoms with Gasteiger partial charge >= 0.3 is 0 Å². The number of anilines is 1. The summed E-state index contributed by atoms with van der Waals surface area (Å²) in [4.78, 5) is 15.5. The number of hydrogen-bond donors (Lipinski definition) is 3. The van der Waals surface area contributed by atoms with E-state index in [1.54, 1.807) is 6.92 Å². The third-order valence-electron chi connectivity index (χ3n) is 5.01. The number of primary amides is 1. The average Bonchev–Trinajstić information content (AvgIpc) is 2.72. The molecule has 32 heavy (non-hydrogen) atoms. The number of carbonyl (C=O) groups is 1. The number of nitrogens with zero attached hydrogens (tertiary/aromatic N) is 3. The second-order valence-corrected chi connectivity index (χ2v) is 7.75. The first-order valence-corrected chi connectivity index (χ1v) is 9.76. The summed E-state index contributed by atoms with van der Waals surface area (Å²) in [6, 6.07) is 7.55. The zero-order chi connectivity index (χ0) is 23.5. The molecule has 1 amide bonds. The van der Waals surface area contributed by atoms with E-state index in [4.69, 9.17) is 5.73 Å². The molecule has 3 aromatic rings. The van der Waals surface area contributed by atoms with Crippen molar-refractivity contribution in [3.05, 3.63) is 65.5 Å². The van der Waals surface area contributed by atoms with Crippen LogP contribution in [0.2, 0.25) is 0 Å². The van der Waals surface area contributed by atoms with Gasteiger partial charge in [-0.1, -0.05) is 6.92 Å². The second-order valence-electron chi connectivity index (χ2n) is 7.75. The minimum Gasteiger partial charge on any atom is -0.507 e. The number of phenols is 1. The number of benzene rings is 1. The van der Waals surface area contributed by atoms with E-state index >= 15 is 0 Å². The molecule has 0 spiro atoms. The summed E-state index contributed by atoms with van der Waals surface area (Å²) >= 11 is 0. The number of carbonyl (C=O) groups excluding carboxylic acids is 1. The van der Waals surface area contributed by atoms with Crippen molar-refractivity contribution in [3.8, 4) is 17.0 Å². The van der Waals surface area contributed by atoms with Crippen LogP contribution < -0.4 is 11.1 Å². The number of rotatable bonds is 8. The molecule has 2 heterocycles. The van der Waals surface area contributed by atoms with Crippen LogP contribution in [0.4, 0.5) is 19.0 Å². The quantitative estimate of drug-likeness (QED) is 0.487. The van der Waals surface area contributed by atoms with Gasteiger partial charge in [0.05, 0.1) is 23.1 Å². The standard InChI is InChI=1S/C22H22F3N5O2/c1-12(23)10-22(2,20-15(24)4-3-7-27-20)11-28-19-6-5-17(29-30-19)13-8-14(21(26)32)18(31)9-16(13)25/h3-9,12,31H,10-11H2,1-2H3,(H2,26,32)(H,28,30)/t12-,22-/m0/s1. The van der Waals surface area contributed by atoms with E-state index < -0.39 is 34.9 Å². The Bertz CT molecular complexity index is 1130. The molecule has 0 radical (unpaired) electrons. The maximum atomic E-state index is 14.3. The smallest absolute Gasteiger partial charge is 0.252 e. The molecule has 3 rings (SSSR count). The molecule has 4 N–H and O–H groups in total. The van der Waals surface area contributed by atoms with Gasteiger partial charge in [-0.25, -0.2) is 13.2 Å². The summed E-state index contributed by atoms with van der Waals surface area (Å²) in [7, 11) is 0. The Morgan fingerprint density at radius 3 is 2.56 bits per heavy atom. The Morgan fingerprint density at radius 1 is 1.22 bits per heavy atom. The van der Waals surface area contributed by atoms with Crippen LogP contribution in [0.1, 0.15) is 36.3 Å². The average molecular weight is 445 g/mol. The molecule has 0 aliphatic heterocycles. The fraction of sp³-hybridized carbons (Fsp3) is 0.273. The Labute approximate surface area is 182 Å². The highest BCUT2D eigenvalue weighted by Gasteiger charge is 2.33. The van der Waals surface area contributed by atoms with E-state index in [0.29, 0.717) is 0 Å². The molecule has 0 saturated heterocycles. The van der Waals surface area contributed by atoms with Crippen molar-refractivity contribution in [2.24, 2.45) is 5.73 Å². The van der Waals surface area contributed by atoms with Crippen molar-refractivity contribution >= 4 is 11.7 Å². The van der Waals surface area contributed by atoms with Gasteiger partial charge in [0.2, 0.25) is 0 Å². The molecule has 10 heteroatoms. The highest BCUT2D eigenvalue weighted by molar-refractivity contribution is 5.96. The fourth-order valence-corrected chi connectivity index (χ4v) is 3.52. The molecule has 7 nitrogen and oxygen atoms in total. The molecule has 0 aliphatic carbocycles. The Morgan fingerprint density at radius 2 is 1.97 bits per heavy atom. The fourth-order valence-electron chi connectivity index (χ4n) is 3.52. The van der Waals surface area contributed by atoms with Crippen LogP contribution >= 0.6 is 0 Å². The number of nitrogens with two attached hydrogens (primary N) is 1. The number of alkyl halides is 1. The van der Waals surface area contributed by atoms with Gasteiger partial charge < -0.3 is 16.2 Å². The van der Waals surface area contributed by atoms with E-state index in [-0.39, 0.29) is 41.3 Å². The SMILES string of the molecule is C[C@H](F)C[C@@](C)(CNc1ccc(-c2cc(C(N)=O)c(O)cc2F)nn1)c1ncccc1F. The maximum Gasteiger partial charge on any atom is 0.252 e. The number of amides is 1. The number of aromatic hydroxyl groups is 1. The Balaban J connectivity index is 1.83. The zero-order valence-electron chi connectivity index (χ0n) is 17.4. The lowest BCUT2D eigenvalue weighted by atomic mass is 9.81. The molecular weight excluding hydrogens is 423 g/mol. The molecule has 0 fully saturated rings. The van der Waals surface area contributed by atoms with Gasteiger partial charge in [-0.3, -0.25) is 9.78 Å². The van der Waals surface area contributed by atoms with E-state index in [1.165, 1.54) is 37.4 Å². The van der Waals surface area contributed by atoms with Crippen molar-refractivity contribution in [2.75, 3.05) is 11.9 Å². The van der Waals surface area contributed by atoms with Gasteiger partial charge in [0.1, 0.15) is 23.2 Å². The van der Waals surface area contributed by atoms with Crippen molar-refractivity contribution in [1.29, 1.82) is 0 Å². The first kappa shape index (κ1) is 23.0. The van der Waals surface area contributed by atoms with Crippen molar-refractivity contribution in [2.45, 2.75) is 31.9 Å². The minimum atomic E-state index is -1.20. The van der Waals surface area contributed by atoms with Crippen molar-refractivity contribution in [1.82, 2.24) is 15.2 Å². The molecule has 2 aromatic heterocycles. The van der Waals surface area contributed by atoms with E-state index in [1.807, 2.05) is 0 Å². The van der Waals surface area contributed by atoms with Crippen LogP contribution in [0, 0.1) is 11.6 Å². The molecule has 0 aliphatic rings. The van der Waals surface area contributed by atoms with Gasteiger partial charge in [0, 0.05) is 29.8 Å². The lowest BCUT2D eigenvalue weighted by Crippen LogP contribution is -2.35. The predicted molar refractivity (Wildman–Crippen MR) is 113 cm³/mol. The molecule has 2 atom stereocenters. The van der Waals surface area contributed by atoms with E-state index in [2.05, 4.69) is 20.5 Å². The lowest BCUT2D eigenvalue weighted by Gasteiger charge is -2.30. The van der Waals surface area contributed by atoms with Crippen molar-refractivity contribution in [3.63, 3.8) is 0 Å². The topological polar surface area (TPSA) is 114 Å². The normalized spacial score (nSPS) is 13.9. The first-order chi connectivity index (χ1) is 15.1. The number of hydrogen-bond acceptors (Lipinski definition) is 6. The monoisotopic (exact) mass is 445 g/mol. The first-order valence-electron chi connectivity index (χ1n) is 9.76. The molecule has 168 valence electrons. The molecule has 1 aromatic carbocycles. The highest BCUT2D eigenvalue weighted by Crippen LogP contribution is 2.31. The van der Waals surface area contributed by atoms with Crippen molar-refractivity contribution < 1.29 is 23.1 Å². The number of nitrogens with one attached hydrogen (secondary N) is 1. The predicted octanol–water partition coefficient (Wildman–Crippen LogP) is 3.74. The van der Waals surface area contributed by atoms with E-state index in [9.17, 15) is 23.1 Å². The Kier molecular flexibility index (Phi) is 6.61. The highest BCUT2D eigenvalue weighted by atomic mass is 19.1. The third kappa shape index (κ3) is 4.96. The van der Waals surface area contributed by atoms with Gasteiger partial charge in [0.25, 0.3) is 5.91 Å². The van der Waals surface area contributed by atoms with Crippen LogP contribution in [-0.2, 0) is 5.41 Å². The van der Waals surface area contributed by atoms with Gasteiger partial charge in [-0.05, 0) is 43.7 Å². The van der Waals surface area contributed by atoms with Gasteiger partial charge in [-0.2, -0.15) is 0 Å². The van der Waals surface area contributed by atoms with Gasteiger partial charge in [0.15, 0.2) is 0 Å². The summed E-state index contributed by atoms with van der Waals surface area (Å²) in [6.07, 6.45) is 0.267. The van der Waals surface area contributed by atoms with Crippen LogP contribution in [0.5, 0.6) is 5.75 Å². The number of pyridine rings is 1. The third-order valence-corrected chi connectivity index (χ3v) is 5.01. The molecule has 0 bridgehead atoms. The lowest BCUT2D eigenvalue weighted by molar-refractivity contribution is 0.0997. The van der Waals surface area contributed by atoms with Gasteiger partial charge in [-0.15, -0.1) is 10.2 Å². The number of aromatic nitrogens is 3. The summed E-state index contributed by atoms with van der Waals surface area (Å²) in [6.45, 7) is 3.20. The van der Waals surface area contributed by atoms with Crippen LogP contribution in [-0.4, -0.2) is 38.9 Å². The molecule has 0 unspecified atom stereocenters. The Hall–Kier alpha value is -3.69. The largest absolute Gasteiger partial charge is 0.507 e. The summed E-state index contributed by atoms with van der Waals surface area (Å²) in [5.74, 6) is -2.55. The van der Waals surface area contributed by atoms with Crippen LogP contribution in [0.3, 0.4) is 0 Å². The summed E-state index contributed by atoms with van der Waals surface area (Å²) < 4.78 is 42.4. The number of halogens is 3. The minimum absolute atomic E-state index is 0.0219. The summed E-state index contributed by atoms with van der Waals surface area (Å²) in [5, 5.41) is 20.6. The molecule has 0 saturated carbocycles. The zero-order valence-corrected chi connectivity index (χ0v) is 17.4. The van der Waals surface area contributed by atoms with E-state index in [0.717, 1.165) is 12.1 Å². The second kappa shape index (κ2) is 9.21. The summed E-state index contributed by atoms with van der Waals surface area (Å²) in [5.41, 5.74) is 4.13. The van der Waals surface area contributed by atoms with Crippen LogP contribution in [0.25, 0.3) is 11.3 Å². The van der Waals surface area contributed by atoms with Crippen LogP contribution in [0.15, 0.2) is 42.6 Å². The molecular formula is C22H22F3N5O2.